The Morgan fingerprint density at radius 1 is 1.11 bits per heavy atom. The Hall–Kier alpha value is -4.14. The molecule has 0 bridgehead atoms. The zero-order chi connectivity index (χ0) is 27.5. The number of carbonyl (C=O) groups is 2. The van der Waals surface area contributed by atoms with Crippen LogP contribution in [0.1, 0.15) is 27.8 Å². The lowest BCUT2D eigenvalue weighted by Crippen LogP contribution is -2.60. The van der Waals surface area contributed by atoms with Gasteiger partial charge in [-0.05, 0) is 31.2 Å². The van der Waals surface area contributed by atoms with E-state index in [0.717, 1.165) is 23.0 Å². The maximum absolute atomic E-state index is 14.0. The number of pyridine rings is 1. The van der Waals surface area contributed by atoms with Crippen LogP contribution in [0.2, 0.25) is 0 Å². The van der Waals surface area contributed by atoms with Crippen LogP contribution in [0.15, 0.2) is 42.7 Å². The van der Waals surface area contributed by atoms with Gasteiger partial charge >= 0.3 is 6.18 Å². The second kappa shape index (κ2) is 10.5. The first kappa shape index (κ1) is 27.4. The van der Waals surface area contributed by atoms with Gasteiger partial charge in [0.2, 0.25) is 0 Å². The summed E-state index contributed by atoms with van der Waals surface area (Å²) in [6, 6.07) is 5.15. The van der Waals surface area contributed by atoms with E-state index in [4.69, 9.17) is 5.73 Å². The van der Waals surface area contributed by atoms with E-state index in [-0.39, 0.29) is 17.1 Å². The zero-order valence-corrected chi connectivity index (χ0v) is 19.1. The number of aromatic nitrogens is 3. The molecule has 198 valence electrons. The summed E-state index contributed by atoms with van der Waals surface area (Å²) < 4.78 is 82.8. The van der Waals surface area contributed by atoms with Crippen LogP contribution in [0.5, 0.6) is 0 Å². The summed E-state index contributed by atoms with van der Waals surface area (Å²) >= 11 is 0. The number of rotatable bonds is 8. The quantitative estimate of drug-likeness (QED) is 0.384. The number of hydrogen-bond donors (Lipinski definition) is 3. The van der Waals surface area contributed by atoms with E-state index in [1.807, 2.05) is 5.32 Å². The standard InChI is InChI=1S/C22H20F6N6O3/c1-2-33(20(36)17-16(25)7-13(24)8-30-17)11-21(37,22(26,27)28)10-31-19(35)15-9-32-34(18(15)29)14-5-3-12(23)4-6-14/h3-9,37H,2,10-11,29H2,1H3,(H,31,35). The molecule has 4 N–H and O–H groups in total. The van der Waals surface area contributed by atoms with Gasteiger partial charge in [-0.15, -0.1) is 0 Å². The average Bonchev–Trinajstić information content (AvgIpc) is 3.21. The van der Waals surface area contributed by atoms with E-state index >= 15 is 0 Å². The number of aliphatic hydroxyl groups is 1. The van der Waals surface area contributed by atoms with Gasteiger partial charge in [0.15, 0.2) is 17.1 Å². The molecular weight excluding hydrogens is 510 g/mol. The van der Waals surface area contributed by atoms with Gasteiger partial charge in [0, 0.05) is 12.6 Å². The van der Waals surface area contributed by atoms with Crippen molar-refractivity contribution in [3.05, 3.63) is 71.4 Å². The Morgan fingerprint density at radius 3 is 2.32 bits per heavy atom. The third-order valence-corrected chi connectivity index (χ3v) is 5.32. The Balaban J connectivity index is 1.79. The van der Waals surface area contributed by atoms with Crippen LogP contribution in [0.3, 0.4) is 0 Å². The maximum atomic E-state index is 14.0. The lowest BCUT2D eigenvalue weighted by molar-refractivity contribution is -0.260. The molecule has 1 aromatic carbocycles. The predicted molar refractivity (Wildman–Crippen MR) is 117 cm³/mol. The Labute approximate surface area is 205 Å². The third-order valence-electron chi connectivity index (χ3n) is 5.32. The second-order valence-corrected chi connectivity index (χ2v) is 7.85. The predicted octanol–water partition coefficient (Wildman–Crippen LogP) is 2.45. The van der Waals surface area contributed by atoms with Gasteiger partial charge in [-0.25, -0.2) is 22.8 Å². The molecule has 0 aliphatic carbocycles. The molecule has 0 aliphatic rings. The average molecular weight is 530 g/mol. The highest BCUT2D eigenvalue weighted by Crippen LogP contribution is 2.31. The van der Waals surface area contributed by atoms with E-state index < -0.39 is 66.4 Å². The maximum Gasteiger partial charge on any atom is 0.420 e. The summed E-state index contributed by atoms with van der Waals surface area (Å²) in [6.07, 6.45) is -3.88. The molecule has 2 aromatic heterocycles. The second-order valence-electron chi connectivity index (χ2n) is 7.85. The van der Waals surface area contributed by atoms with Crippen LogP contribution in [0, 0.1) is 17.5 Å². The minimum Gasteiger partial charge on any atom is -0.383 e. The van der Waals surface area contributed by atoms with E-state index in [2.05, 4.69) is 10.1 Å². The number of nitrogens with two attached hydrogens (primary N) is 1. The smallest absolute Gasteiger partial charge is 0.383 e. The summed E-state index contributed by atoms with van der Waals surface area (Å²) in [6.45, 7) is -1.98. The molecule has 15 heteroatoms. The molecule has 2 heterocycles. The fourth-order valence-corrected chi connectivity index (χ4v) is 3.25. The van der Waals surface area contributed by atoms with Crippen molar-refractivity contribution in [2.75, 3.05) is 25.4 Å². The molecule has 0 radical (unpaired) electrons. The van der Waals surface area contributed by atoms with Gasteiger partial charge in [-0.1, -0.05) is 0 Å². The molecule has 3 aromatic rings. The molecule has 1 unspecified atom stereocenters. The number of nitrogen functional groups attached to an aromatic ring is 1. The van der Waals surface area contributed by atoms with Crippen molar-refractivity contribution in [3.63, 3.8) is 0 Å². The highest BCUT2D eigenvalue weighted by Gasteiger charge is 2.55. The van der Waals surface area contributed by atoms with Gasteiger partial charge in [-0.3, -0.25) is 9.59 Å². The minimum atomic E-state index is -5.35. The van der Waals surface area contributed by atoms with E-state index in [1.165, 1.54) is 19.1 Å². The molecule has 3 rings (SSSR count). The van der Waals surface area contributed by atoms with Crippen molar-refractivity contribution in [1.82, 2.24) is 25.0 Å². The van der Waals surface area contributed by atoms with Crippen molar-refractivity contribution in [2.45, 2.75) is 18.7 Å². The van der Waals surface area contributed by atoms with Crippen molar-refractivity contribution in [1.29, 1.82) is 0 Å². The summed E-state index contributed by atoms with van der Waals surface area (Å²) in [7, 11) is 0. The van der Waals surface area contributed by atoms with Crippen molar-refractivity contribution >= 4 is 17.6 Å². The Morgan fingerprint density at radius 2 is 1.76 bits per heavy atom. The first-order chi connectivity index (χ1) is 17.3. The molecule has 0 fully saturated rings. The van der Waals surface area contributed by atoms with Crippen molar-refractivity contribution in [2.24, 2.45) is 0 Å². The Kier molecular flexibility index (Phi) is 7.76. The molecule has 0 aliphatic heterocycles. The van der Waals surface area contributed by atoms with Crippen LogP contribution in [-0.4, -0.2) is 68.0 Å². The number of benzene rings is 1. The SMILES string of the molecule is CCN(CC(O)(CNC(=O)c1cnn(-c2ccc(F)cc2)c1N)C(F)(F)F)C(=O)c1ncc(F)cc1F. The van der Waals surface area contributed by atoms with Gasteiger partial charge in [-0.2, -0.15) is 18.3 Å². The highest BCUT2D eigenvalue weighted by molar-refractivity contribution is 5.98. The van der Waals surface area contributed by atoms with Crippen LogP contribution in [0.25, 0.3) is 5.69 Å². The summed E-state index contributed by atoms with van der Waals surface area (Å²) in [4.78, 5) is 28.9. The number of hydrogen-bond acceptors (Lipinski definition) is 6. The fraction of sp³-hybridized carbons (Fsp3) is 0.273. The number of amides is 2. The monoisotopic (exact) mass is 530 g/mol. The number of anilines is 1. The molecule has 2 amide bonds. The number of likely N-dealkylation sites (N-methyl/N-ethyl adjacent to an activating group) is 1. The first-order valence-corrected chi connectivity index (χ1v) is 10.5. The van der Waals surface area contributed by atoms with Crippen molar-refractivity contribution in [3.8, 4) is 5.69 Å². The number of halogens is 6. The molecule has 0 spiro atoms. The van der Waals surface area contributed by atoms with Crippen LogP contribution >= 0.6 is 0 Å². The number of nitrogens with one attached hydrogen (secondary N) is 1. The summed E-state index contributed by atoms with van der Waals surface area (Å²) in [5.41, 5.74) is 1.18. The van der Waals surface area contributed by atoms with Gasteiger partial charge in [0.1, 0.15) is 23.0 Å². The first-order valence-electron chi connectivity index (χ1n) is 10.5. The number of carbonyl (C=O) groups excluding carboxylic acids is 2. The molecule has 9 nitrogen and oxygen atoms in total. The minimum absolute atomic E-state index is 0.267. The van der Waals surface area contributed by atoms with Gasteiger partial charge in [0.05, 0.1) is 31.2 Å². The van der Waals surface area contributed by atoms with E-state index in [1.54, 1.807) is 0 Å². The largest absolute Gasteiger partial charge is 0.420 e. The number of alkyl halides is 3. The molecule has 37 heavy (non-hydrogen) atoms. The normalized spacial score (nSPS) is 13.2. The lowest BCUT2D eigenvalue weighted by atomic mass is 10.0. The summed E-state index contributed by atoms with van der Waals surface area (Å²) in [5, 5.41) is 16.2. The lowest BCUT2D eigenvalue weighted by Gasteiger charge is -2.35. The topological polar surface area (TPSA) is 126 Å². The van der Waals surface area contributed by atoms with Gasteiger partial charge < -0.3 is 21.1 Å². The fourth-order valence-electron chi connectivity index (χ4n) is 3.25. The molecular formula is C22H20F6N6O3. The highest BCUT2D eigenvalue weighted by atomic mass is 19.4. The summed E-state index contributed by atoms with van der Waals surface area (Å²) in [5.74, 6) is -5.79. The van der Waals surface area contributed by atoms with Crippen molar-refractivity contribution < 1.29 is 41.0 Å². The number of nitrogens with zero attached hydrogens (tertiary/aromatic N) is 4. The van der Waals surface area contributed by atoms with E-state index in [0.29, 0.717) is 17.2 Å². The van der Waals surface area contributed by atoms with Crippen LogP contribution in [-0.2, 0) is 0 Å². The van der Waals surface area contributed by atoms with Crippen LogP contribution in [0.4, 0.5) is 32.2 Å². The molecule has 0 saturated heterocycles. The van der Waals surface area contributed by atoms with E-state index in [9.17, 15) is 41.0 Å². The molecule has 0 saturated carbocycles. The zero-order valence-electron chi connectivity index (χ0n) is 19.1. The Bertz CT molecular complexity index is 1300. The van der Waals surface area contributed by atoms with Crippen LogP contribution < -0.4 is 11.1 Å². The van der Waals surface area contributed by atoms with Gasteiger partial charge in [0.25, 0.3) is 11.8 Å². The third kappa shape index (κ3) is 5.82. The molecule has 1 atom stereocenters.